The maximum absolute atomic E-state index is 12.8. The van der Waals surface area contributed by atoms with Gasteiger partial charge in [0.1, 0.15) is 5.75 Å². The van der Waals surface area contributed by atoms with Crippen molar-refractivity contribution >= 4 is 34.9 Å². The van der Waals surface area contributed by atoms with Crippen LogP contribution in [0, 0.1) is 0 Å². The molecule has 0 saturated heterocycles. The van der Waals surface area contributed by atoms with Gasteiger partial charge in [0.25, 0.3) is 0 Å². The van der Waals surface area contributed by atoms with Gasteiger partial charge in [-0.1, -0.05) is 115 Å². The Morgan fingerprint density at radius 1 is 0.588 bits per heavy atom. The number of hydrogen-bond acceptors (Lipinski definition) is 7. The SMILES string of the molecule is CCCCCCCCCCCCCCCCCCOc1ccc(CCC(=O)Nc2ccc(Nc3ccc(C(=O)OC)cc3)c(C(=O)OC)c2)cc1. The quantitative estimate of drug-likeness (QED) is 0.0634. The highest BCUT2D eigenvalue weighted by Crippen LogP contribution is 2.26. The Kier molecular flexibility index (Phi) is 19.9. The first-order chi connectivity index (χ1) is 24.9. The topological polar surface area (TPSA) is 103 Å². The molecule has 0 radical (unpaired) electrons. The minimum absolute atomic E-state index is 0.159. The number of rotatable bonds is 26. The van der Waals surface area contributed by atoms with E-state index in [9.17, 15) is 14.4 Å². The number of nitrogens with one attached hydrogen (secondary N) is 2. The van der Waals surface area contributed by atoms with Gasteiger partial charge in [-0.15, -0.1) is 0 Å². The van der Waals surface area contributed by atoms with Crippen LogP contribution in [0.25, 0.3) is 0 Å². The molecule has 8 heteroatoms. The number of amides is 1. The van der Waals surface area contributed by atoms with E-state index in [1.807, 2.05) is 24.3 Å². The average Bonchev–Trinajstić information content (AvgIpc) is 3.16. The van der Waals surface area contributed by atoms with Crippen LogP contribution in [-0.4, -0.2) is 38.7 Å². The van der Waals surface area contributed by atoms with E-state index in [2.05, 4.69) is 17.6 Å². The van der Waals surface area contributed by atoms with Gasteiger partial charge in [-0.2, -0.15) is 0 Å². The summed E-state index contributed by atoms with van der Waals surface area (Å²) in [6.07, 6.45) is 22.5. The van der Waals surface area contributed by atoms with Gasteiger partial charge in [-0.3, -0.25) is 4.79 Å². The van der Waals surface area contributed by atoms with E-state index in [0.29, 0.717) is 35.5 Å². The van der Waals surface area contributed by atoms with Crippen LogP contribution in [-0.2, 0) is 20.7 Å². The molecule has 8 nitrogen and oxygen atoms in total. The van der Waals surface area contributed by atoms with Gasteiger partial charge in [0, 0.05) is 17.8 Å². The summed E-state index contributed by atoms with van der Waals surface area (Å²) in [6, 6.07) is 19.6. The fourth-order valence-electron chi connectivity index (χ4n) is 6.05. The zero-order valence-electron chi connectivity index (χ0n) is 31.2. The molecular formula is C43H60N2O6. The van der Waals surface area contributed by atoms with Crippen molar-refractivity contribution in [3.05, 3.63) is 83.4 Å². The summed E-state index contributed by atoms with van der Waals surface area (Å²) in [5.74, 6) is -0.280. The van der Waals surface area contributed by atoms with E-state index in [1.165, 1.54) is 111 Å². The van der Waals surface area contributed by atoms with Crippen molar-refractivity contribution in [3.8, 4) is 5.75 Å². The minimum atomic E-state index is -0.545. The lowest BCUT2D eigenvalue weighted by atomic mass is 10.0. The van der Waals surface area contributed by atoms with Crippen molar-refractivity contribution in [2.45, 2.75) is 122 Å². The molecule has 3 aromatic carbocycles. The molecule has 3 aromatic rings. The van der Waals surface area contributed by atoms with Gasteiger partial charge in [-0.05, 0) is 73.0 Å². The van der Waals surface area contributed by atoms with Gasteiger partial charge in [-0.25, -0.2) is 9.59 Å². The Balaban J connectivity index is 1.28. The molecule has 0 heterocycles. The lowest BCUT2D eigenvalue weighted by molar-refractivity contribution is -0.116. The molecule has 0 aliphatic rings. The van der Waals surface area contributed by atoms with Gasteiger partial charge in [0.2, 0.25) is 5.91 Å². The molecule has 278 valence electrons. The maximum Gasteiger partial charge on any atom is 0.340 e. The van der Waals surface area contributed by atoms with Gasteiger partial charge < -0.3 is 24.8 Å². The van der Waals surface area contributed by atoms with Crippen LogP contribution in [0.2, 0.25) is 0 Å². The average molecular weight is 701 g/mol. The van der Waals surface area contributed by atoms with Crippen LogP contribution < -0.4 is 15.4 Å². The first kappa shape index (κ1) is 41.1. The Morgan fingerprint density at radius 2 is 1.12 bits per heavy atom. The van der Waals surface area contributed by atoms with Gasteiger partial charge >= 0.3 is 11.9 Å². The number of methoxy groups -OCH3 is 2. The fraction of sp³-hybridized carbons (Fsp3) is 0.512. The molecule has 0 bridgehead atoms. The van der Waals surface area contributed by atoms with E-state index >= 15 is 0 Å². The van der Waals surface area contributed by atoms with Crippen molar-refractivity contribution in [2.24, 2.45) is 0 Å². The molecular weight excluding hydrogens is 640 g/mol. The molecule has 0 aromatic heterocycles. The molecule has 0 aliphatic carbocycles. The monoisotopic (exact) mass is 700 g/mol. The summed E-state index contributed by atoms with van der Waals surface area (Å²) in [5, 5.41) is 6.05. The summed E-state index contributed by atoms with van der Waals surface area (Å²) in [4.78, 5) is 37.0. The molecule has 0 unspecified atom stereocenters. The summed E-state index contributed by atoms with van der Waals surface area (Å²) < 4.78 is 15.7. The Morgan fingerprint density at radius 3 is 1.67 bits per heavy atom. The molecule has 3 rings (SSSR count). The van der Waals surface area contributed by atoms with Crippen LogP contribution in [0.15, 0.2) is 66.7 Å². The number of aryl methyl sites for hydroxylation is 1. The Labute approximate surface area is 306 Å². The second-order valence-electron chi connectivity index (χ2n) is 13.3. The normalized spacial score (nSPS) is 10.8. The van der Waals surface area contributed by atoms with Crippen LogP contribution in [0.4, 0.5) is 17.1 Å². The highest BCUT2D eigenvalue weighted by atomic mass is 16.5. The van der Waals surface area contributed by atoms with Crippen LogP contribution in [0.5, 0.6) is 5.75 Å². The zero-order chi connectivity index (χ0) is 36.5. The molecule has 0 saturated carbocycles. The molecule has 0 fully saturated rings. The van der Waals surface area contributed by atoms with Crippen molar-refractivity contribution in [1.82, 2.24) is 0 Å². The van der Waals surface area contributed by atoms with E-state index in [0.717, 1.165) is 24.3 Å². The third-order valence-electron chi connectivity index (χ3n) is 9.12. The standard InChI is InChI=1S/C43H60N2O6/c1-4-5-6-7-8-9-10-11-12-13-14-15-16-17-18-19-32-51-38-28-20-34(21-29-38)22-31-41(46)45-37-27-30-40(39(33-37)43(48)50-3)44-36-25-23-35(24-26-36)42(47)49-2/h20-21,23-30,33,44H,4-19,22,31-32H2,1-3H3,(H,45,46). The molecule has 1 amide bonds. The summed E-state index contributed by atoms with van der Waals surface area (Å²) in [5.41, 5.74) is 3.39. The van der Waals surface area contributed by atoms with Crippen LogP contribution >= 0.6 is 0 Å². The molecule has 0 spiro atoms. The zero-order valence-corrected chi connectivity index (χ0v) is 31.2. The predicted octanol–water partition coefficient (Wildman–Crippen LogP) is 11.2. The van der Waals surface area contributed by atoms with Crippen LogP contribution in [0.3, 0.4) is 0 Å². The van der Waals surface area contributed by atoms with E-state index in [1.54, 1.807) is 42.5 Å². The first-order valence-corrected chi connectivity index (χ1v) is 19.1. The number of anilines is 3. The predicted molar refractivity (Wildman–Crippen MR) is 207 cm³/mol. The van der Waals surface area contributed by atoms with Crippen molar-refractivity contribution in [2.75, 3.05) is 31.5 Å². The van der Waals surface area contributed by atoms with Crippen molar-refractivity contribution < 1.29 is 28.6 Å². The fourth-order valence-corrected chi connectivity index (χ4v) is 6.05. The van der Waals surface area contributed by atoms with E-state index in [-0.39, 0.29) is 11.5 Å². The lowest BCUT2D eigenvalue weighted by Gasteiger charge is -2.14. The molecule has 0 aliphatic heterocycles. The molecule has 2 N–H and O–H groups in total. The number of carbonyl (C=O) groups excluding carboxylic acids is 3. The Hall–Kier alpha value is -4.33. The summed E-state index contributed by atoms with van der Waals surface area (Å²) in [7, 11) is 2.63. The number of hydrogen-bond donors (Lipinski definition) is 2. The second-order valence-corrected chi connectivity index (χ2v) is 13.3. The first-order valence-electron chi connectivity index (χ1n) is 19.1. The van der Waals surface area contributed by atoms with Gasteiger partial charge in [0.15, 0.2) is 0 Å². The summed E-state index contributed by atoms with van der Waals surface area (Å²) in [6.45, 7) is 3.00. The third-order valence-corrected chi connectivity index (χ3v) is 9.12. The smallest absolute Gasteiger partial charge is 0.340 e. The number of benzene rings is 3. The molecule has 51 heavy (non-hydrogen) atoms. The van der Waals surface area contributed by atoms with Crippen LogP contribution in [0.1, 0.15) is 142 Å². The van der Waals surface area contributed by atoms with Crippen molar-refractivity contribution in [1.29, 1.82) is 0 Å². The van der Waals surface area contributed by atoms with E-state index in [4.69, 9.17) is 14.2 Å². The largest absolute Gasteiger partial charge is 0.494 e. The maximum atomic E-state index is 12.8. The number of carbonyl (C=O) groups is 3. The summed E-state index contributed by atoms with van der Waals surface area (Å²) >= 11 is 0. The Bertz CT molecular complexity index is 1440. The lowest BCUT2D eigenvalue weighted by Crippen LogP contribution is -2.14. The highest BCUT2D eigenvalue weighted by Gasteiger charge is 2.15. The number of esters is 2. The van der Waals surface area contributed by atoms with E-state index < -0.39 is 11.9 Å². The molecule has 0 atom stereocenters. The number of ether oxygens (including phenoxy) is 3. The van der Waals surface area contributed by atoms with Crippen molar-refractivity contribution in [3.63, 3.8) is 0 Å². The minimum Gasteiger partial charge on any atom is -0.494 e. The van der Waals surface area contributed by atoms with Gasteiger partial charge in [0.05, 0.1) is 37.6 Å². The second kappa shape index (κ2) is 24.8. The number of unbranched alkanes of at least 4 members (excludes halogenated alkanes) is 15. The third kappa shape index (κ3) is 16.5. The highest BCUT2D eigenvalue weighted by molar-refractivity contribution is 5.99.